The summed E-state index contributed by atoms with van der Waals surface area (Å²) in [4.78, 5) is 11.5. The number of carbonyl (C=O) groups is 1. The van der Waals surface area contributed by atoms with Crippen LogP contribution in [0.4, 0.5) is 0 Å². The van der Waals surface area contributed by atoms with Crippen LogP contribution in [0, 0.1) is 5.92 Å². The Bertz CT molecular complexity index is 375. The number of hydrogen-bond donors (Lipinski definition) is 0. The van der Waals surface area contributed by atoms with Gasteiger partial charge in [0.2, 0.25) is 0 Å². The maximum atomic E-state index is 11.5. The minimum absolute atomic E-state index is 0.198. The Balaban J connectivity index is 1.96. The first-order chi connectivity index (χ1) is 8.27. The van der Waals surface area contributed by atoms with E-state index in [0.29, 0.717) is 0 Å². The molecule has 0 bridgehead atoms. The molecule has 0 N–H and O–H groups in total. The first kappa shape index (κ1) is 12.3. The van der Waals surface area contributed by atoms with E-state index in [2.05, 4.69) is 6.07 Å². The Kier molecular flexibility index (Phi) is 4.36. The van der Waals surface area contributed by atoms with Crippen molar-refractivity contribution < 1.29 is 4.79 Å². The van der Waals surface area contributed by atoms with Crippen LogP contribution < -0.4 is 0 Å². The Morgan fingerprint density at radius 3 is 2.59 bits per heavy atom. The van der Waals surface area contributed by atoms with Crippen molar-refractivity contribution >= 4 is 5.78 Å². The zero-order valence-corrected chi connectivity index (χ0v) is 10.7. The molecule has 1 aliphatic rings. The second-order valence-electron chi connectivity index (χ2n) is 5.26. The van der Waals surface area contributed by atoms with Crippen molar-refractivity contribution in [2.75, 3.05) is 0 Å². The van der Waals surface area contributed by atoms with Crippen molar-refractivity contribution in [2.45, 2.75) is 51.9 Å². The molecule has 2 rings (SSSR count). The van der Waals surface area contributed by atoms with E-state index in [1.54, 1.807) is 6.92 Å². The SMILES string of the molecule is CC(=O)c1ccccc1CCC1CCCCC1. The number of carbonyl (C=O) groups excluding carboxylic acids is 1. The lowest BCUT2D eigenvalue weighted by Crippen LogP contribution is -2.08. The van der Waals surface area contributed by atoms with Crippen molar-refractivity contribution in [3.05, 3.63) is 35.4 Å². The molecule has 0 heterocycles. The van der Waals surface area contributed by atoms with Gasteiger partial charge in [0.25, 0.3) is 0 Å². The number of benzene rings is 1. The average Bonchev–Trinajstić information content (AvgIpc) is 2.38. The van der Waals surface area contributed by atoms with Crippen molar-refractivity contribution in [1.82, 2.24) is 0 Å². The fraction of sp³-hybridized carbons (Fsp3) is 0.562. The molecule has 1 aromatic carbocycles. The van der Waals surface area contributed by atoms with E-state index in [9.17, 15) is 4.79 Å². The highest BCUT2D eigenvalue weighted by Gasteiger charge is 2.14. The molecule has 0 aromatic heterocycles. The molecule has 17 heavy (non-hydrogen) atoms. The van der Waals surface area contributed by atoms with E-state index in [1.807, 2.05) is 18.2 Å². The van der Waals surface area contributed by atoms with Crippen LogP contribution in [0.3, 0.4) is 0 Å². The first-order valence-electron chi connectivity index (χ1n) is 6.86. The Morgan fingerprint density at radius 2 is 1.88 bits per heavy atom. The molecule has 0 spiro atoms. The molecule has 0 saturated heterocycles. The molecular weight excluding hydrogens is 208 g/mol. The van der Waals surface area contributed by atoms with Gasteiger partial charge in [-0.15, -0.1) is 0 Å². The van der Waals surface area contributed by atoms with Gasteiger partial charge in [-0.1, -0.05) is 56.4 Å². The third-order valence-electron chi connectivity index (χ3n) is 3.94. The topological polar surface area (TPSA) is 17.1 Å². The number of ketones is 1. The highest BCUT2D eigenvalue weighted by molar-refractivity contribution is 5.95. The van der Waals surface area contributed by atoms with Crippen LogP contribution in [0.25, 0.3) is 0 Å². The highest BCUT2D eigenvalue weighted by atomic mass is 16.1. The van der Waals surface area contributed by atoms with E-state index in [0.717, 1.165) is 17.9 Å². The van der Waals surface area contributed by atoms with Crippen LogP contribution >= 0.6 is 0 Å². The molecule has 0 aliphatic heterocycles. The van der Waals surface area contributed by atoms with Crippen LogP contribution in [0.2, 0.25) is 0 Å². The lowest BCUT2D eigenvalue weighted by molar-refractivity contribution is 0.101. The van der Waals surface area contributed by atoms with Crippen LogP contribution in [0.15, 0.2) is 24.3 Å². The predicted molar refractivity (Wildman–Crippen MR) is 71.3 cm³/mol. The predicted octanol–water partition coefficient (Wildman–Crippen LogP) is 4.40. The summed E-state index contributed by atoms with van der Waals surface area (Å²) in [7, 11) is 0. The van der Waals surface area contributed by atoms with Crippen LogP contribution in [-0.4, -0.2) is 5.78 Å². The van der Waals surface area contributed by atoms with Crippen molar-refractivity contribution in [2.24, 2.45) is 5.92 Å². The van der Waals surface area contributed by atoms with Gasteiger partial charge in [0, 0.05) is 5.56 Å². The largest absolute Gasteiger partial charge is 0.295 e. The van der Waals surface area contributed by atoms with Crippen molar-refractivity contribution in [1.29, 1.82) is 0 Å². The number of Topliss-reactive ketones (excluding diaryl/α,β-unsaturated/α-hetero) is 1. The number of rotatable bonds is 4. The van der Waals surface area contributed by atoms with Crippen molar-refractivity contribution in [3.63, 3.8) is 0 Å². The number of hydrogen-bond acceptors (Lipinski definition) is 1. The van der Waals surface area contributed by atoms with Gasteiger partial charge in [0.1, 0.15) is 0 Å². The van der Waals surface area contributed by atoms with Gasteiger partial charge in [-0.05, 0) is 31.2 Å². The summed E-state index contributed by atoms with van der Waals surface area (Å²) >= 11 is 0. The molecule has 1 heteroatoms. The second-order valence-corrected chi connectivity index (χ2v) is 5.26. The zero-order chi connectivity index (χ0) is 12.1. The average molecular weight is 230 g/mol. The van der Waals surface area contributed by atoms with Gasteiger partial charge >= 0.3 is 0 Å². The van der Waals surface area contributed by atoms with Gasteiger partial charge in [0.15, 0.2) is 5.78 Å². The smallest absolute Gasteiger partial charge is 0.160 e. The van der Waals surface area contributed by atoms with E-state index < -0.39 is 0 Å². The van der Waals surface area contributed by atoms with Crippen LogP contribution in [-0.2, 0) is 6.42 Å². The minimum Gasteiger partial charge on any atom is -0.295 e. The summed E-state index contributed by atoms with van der Waals surface area (Å²) in [5, 5.41) is 0. The first-order valence-corrected chi connectivity index (χ1v) is 6.86. The van der Waals surface area contributed by atoms with Crippen LogP contribution in [0.5, 0.6) is 0 Å². The van der Waals surface area contributed by atoms with Gasteiger partial charge in [-0.25, -0.2) is 0 Å². The highest BCUT2D eigenvalue weighted by Crippen LogP contribution is 2.28. The molecule has 0 unspecified atom stereocenters. The van der Waals surface area contributed by atoms with E-state index >= 15 is 0 Å². The lowest BCUT2D eigenvalue weighted by atomic mass is 9.84. The van der Waals surface area contributed by atoms with E-state index in [-0.39, 0.29) is 5.78 Å². The Labute approximate surface area is 104 Å². The summed E-state index contributed by atoms with van der Waals surface area (Å²) in [6.45, 7) is 1.67. The molecule has 1 aliphatic carbocycles. The quantitative estimate of drug-likeness (QED) is 0.700. The summed E-state index contributed by atoms with van der Waals surface area (Å²) in [6, 6.07) is 8.07. The molecule has 92 valence electrons. The van der Waals surface area contributed by atoms with Gasteiger partial charge in [0.05, 0.1) is 0 Å². The summed E-state index contributed by atoms with van der Waals surface area (Å²) in [6.07, 6.45) is 9.33. The fourth-order valence-electron chi connectivity index (χ4n) is 2.92. The Hall–Kier alpha value is -1.11. The maximum Gasteiger partial charge on any atom is 0.160 e. The maximum absolute atomic E-state index is 11.5. The third kappa shape index (κ3) is 3.42. The van der Waals surface area contributed by atoms with E-state index in [1.165, 1.54) is 44.1 Å². The van der Waals surface area contributed by atoms with Gasteiger partial charge in [-0.3, -0.25) is 4.79 Å². The normalized spacial score (nSPS) is 17.0. The standard InChI is InChI=1S/C16H22O/c1-13(17)16-10-6-5-9-15(16)12-11-14-7-3-2-4-8-14/h5-6,9-10,14H,2-4,7-8,11-12H2,1H3. The molecule has 0 atom stereocenters. The third-order valence-corrected chi connectivity index (χ3v) is 3.94. The fourth-order valence-corrected chi connectivity index (χ4v) is 2.92. The monoisotopic (exact) mass is 230 g/mol. The molecular formula is C16H22O. The zero-order valence-electron chi connectivity index (χ0n) is 10.7. The number of aryl methyl sites for hydroxylation is 1. The van der Waals surface area contributed by atoms with Gasteiger partial charge < -0.3 is 0 Å². The van der Waals surface area contributed by atoms with Gasteiger partial charge in [-0.2, -0.15) is 0 Å². The molecule has 1 nitrogen and oxygen atoms in total. The summed E-state index contributed by atoms with van der Waals surface area (Å²) < 4.78 is 0. The molecule has 0 radical (unpaired) electrons. The summed E-state index contributed by atoms with van der Waals surface area (Å²) in [5.41, 5.74) is 2.16. The lowest BCUT2D eigenvalue weighted by Gasteiger charge is -2.21. The molecule has 1 saturated carbocycles. The van der Waals surface area contributed by atoms with Crippen molar-refractivity contribution in [3.8, 4) is 0 Å². The summed E-state index contributed by atoms with van der Waals surface area (Å²) in [5.74, 6) is 1.09. The minimum atomic E-state index is 0.198. The second kappa shape index (κ2) is 6.00. The van der Waals surface area contributed by atoms with E-state index in [4.69, 9.17) is 0 Å². The molecule has 1 aromatic rings. The molecule has 1 fully saturated rings. The van der Waals surface area contributed by atoms with Crippen LogP contribution in [0.1, 0.15) is 61.4 Å². The molecule has 0 amide bonds. The Morgan fingerprint density at radius 1 is 1.18 bits per heavy atom.